The Balaban J connectivity index is 1.82. The molecule has 0 saturated heterocycles. The van der Waals surface area contributed by atoms with Gasteiger partial charge in [0.15, 0.2) is 0 Å². The van der Waals surface area contributed by atoms with Crippen molar-refractivity contribution in [3.8, 4) is 6.07 Å². The number of H-pyrrole nitrogens is 1. The van der Waals surface area contributed by atoms with Gasteiger partial charge in [-0.1, -0.05) is 0 Å². The Morgan fingerprint density at radius 1 is 1.36 bits per heavy atom. The number of anilines is 1. The highest BCUT2D eigenvalue weighted by Crippen LogP contribution is 2.25. The molecular weight excluding hydrogens is 174 g/mol. The van der Waals surface area contributed by atoms with E-state index in [0.717, 1.165) is 31.5 Å². The second-order valence-corrected chi connectivity index (χ2v) is 3.91. The van der Waals surface area contributed by atoms with Crippen LogP contribution in [0.2, 0.25) is 0 Å². The summed E-state index contributed by atoms with van der Waals surface area (Å²) in [7, 11) is 0. The molecule has 1 fully saturated rings. The number of nitrogens with zero attached hydrogens (tertiary/aromatic N) is 1. The quantitative estimate of drug-likeness (QED) is 0.751. The third kappa shape index (κ3) is 2.08. The van der Waals surface area contributed by atoms with Crippen LogP contribution < -0.4 is 5.32 Å². The molecule has 0 aromatic carbocycles. The first-order valence-electron chi connectivity index (χ1n) is 5.18. The fraction of sp³-hybridized carbons (Fsp3) is 0.545. The summed E-state index contributed by atoms with van der Waals surface area (Å²) in [5.74, 6) is 1.38. The Bertz CT molecular complexity index is 302. The van der Waals surface area contributed by atoms with E-state index in [1.807, 2.05) is 18.3 Å². The molecule has 74 valence electrons. The van der Waals surface area contributed by atoms with Crippen LogP contribution in [0.1, 0.15) is 25.7 Å². The maximum absolute atomic E-state index is 8.76. The molecule has 2 rings (SSSR count). The number of aromatic nitrogens is 1. The van der Waals surface area contributed by atoms with Gasteiger partial charge in [-0.3, -0.25) is 0 Å². The summed E-state index contributed by atoms with van der Waals surface area (Å²) >= 11 is 0. The van der Waals surface area contributed by atoms with Gasteiger partial charge in [0, 0.05) is 18.2 Å². The van der Waals surface area contributed by atoms with Gasteiger partial charge in [-0.05, 0) is 37.8 Å². The number of hydrogen-bond acceptors (Lipinski definition) is 2. The largest absolute Gasteiger partial charge is 0.369 e. The molecular formula is C11H15N3. The molecule has 1 aromatic rings. The molecule has 0 atom stereocenters. The van der Waals surface area contributed by atoms with Gasteiger partial charge in [-0.15, -0.1) is 0 Å². The Morgan fingerprint density at radius 2 is 2.14 bits per heavy atom. The molecule has 3 heteroatoms. The van der Waals surface area contributed by atoms with Crippen molar-refractivity contribution < 1.29 is 0 Å². The van der Waals surface area contributed by atoms with E-state index >= 15 is 0 Å². The zero-order valence-corrected chi connectivity index (χ0v) is 8.16. The van der Waals surface area contributed by atoms with E-state index in [2.05, 4.69) is 16.4 Å². The van der Waals surface area contributed by atoms with Crippen molar-refractivity contribution in [1.82, 2.24) is 4.98 Å². The van der Waals surface area contributed by atoms with E-state index in [4.69, 9.17) is 5.26 Å². The van der Waals surface area contributed by atoms with Crippen molar-refractivity contribution in [3.63, 3.8) is 0 Å². The summed E-state index contributed by atoms with van der Waals surface area (Å²) in [5.41, 5.74) is 0. The van der Waals surface area contributed by atoms with Gasteiger partial charge in [0.1, 0.15) is 5.82 Å². The van der Waals surface area contributed by atoms with Gasteiger partial charge in [-0.2, -0.15) is 5.26 Å². The average Bonchev–Trinajstić information content (AvgIpc) is 2.72. The molecule has 0 spiro atoms. The lowest BCUT2D eigenvalue weighted by Gasteiger charge is -2.25. The predicted octanol–water partition coefficient (Wildman–Crippen LogP) is 2.51. The lowest BCUT2D eigenvalue weighted by molar-refractivity contribution is 0.397. The van der Waals surface area contributed by atoms with Crippen molar-refractivity contribution >= 4 is 5.82 Å². The van der Waals surface area contributed by atoms with Gasteiger partial charge in [0.25, 0.3) is 0 Å². The van der Waals surface area contributed by atoms with Crippen LogP contribution in [0.4, 0.5) is 5.82 Å². The number of aromatic amines is 1. The van der Waals surface area contributed by atoms with E-state index in [9.17, 15) is 0 Å². The molecule has 0 amide bonds. The van der Waals surface area contributed by atoms with Gasteiger partial charge in [0.2, 0.25) is 0 Å². The Morgan fingerprint density at radius 3 is 2.71 bits per heavy atom. The molecule has 14 heavy (non-hydrogen) atoms. The lowest BCUT2D eigenvalue weighted by atomic mass is 9.87. The first kappa shape index (κ1) is 9.14. The number of nitrogens with one attached hydrogen (secondary N) is 2. The van der Waals surface area contributed by atoms with Crippen molar-refractivity contribution in [1.29, 1.82) is 5.26 Å². The van der Waals surface area contributed by atoms with Gasteiger partial charge in [0.05, 0.1) is 6.07 Å². The minimum absolute atomic E-state index is 0.289. The summed E-state index contributed by atoms with van der Waals surface area (Å²) in [5, 5.41) is 12.2. The second kappa shape index (κ2) is 4.19. The van der Waals surface area contributed by atoms with Crippen LogP contribution in [0.3, 0.4) is 0 Å². The van der Waals surface area contributed by atoms with Gasteiger partial charge < -0.3 is 10.3 Å². The van der Waals surface area contributed by atoms with Crippen molar-refractivity contribution in [3.05, 3.63) is 18.3 Å². The molecule has 0 unspecified atom stereocenters. The van der Waals surface area contributed by atoms with E-state index < -0.39 is 0 Å². The zero-order valence-electron chi connectivity index (χ0n) is 8.16. The Hall–Kier alpha value is -1.43. The van der Waals surface area contributed by atoms with E-state index in [1.165, 1.54) is 0 Å². The van der Waals surface area contributed by atoms with Gasteiger partial charge >= 0.3 is 0 Å². The fourth-order valence-corrected chi connectivity index (χ4v) is 2.01. The summed E-state index contributed by atoms with van der Waals surface area (Å²) in [6.07, 6.45) is 6.21. The number of nitriles is 1. The molecule has 0 radical (unpaired) electrons. The number of rotatable bonds is 2. The van der Waals surface area contributed by atoms with Crippen molar-refractivity contribution in [2.45, 2.75) is 31.7 Å². The highest BCUT2D eigenvalue weighted by atomic mass is 15.0. The van der Waals surface area contributed by atoms with Crippen LogP contribution in [-0.4, -0.2) is 11.0 Å². The highest BCUT2D eigenvalue weighted by molar-refractivity contribution is 5.35. The third-order valence-electron chi connectivity index (χ3n) is 2.87. The van der Waals surface area contributed by atoms with Crippen LogP contribution in [0, 0.1) is 17.2 Å². The Labute approximate surface area is 84.1 Å². The van der Waals surface area contributed by atoms with Crippen LogP contribution >= 0.6 is 0 Å². The SMILES string of the molecule is N#CC1CCC(Nc2ccc[nH]2)CC1. The maximum atomic E-state index is 8.76. The van der Waals surface area contributed by atoms with Crippen molar-refractivity contribution in [2.75, 3.05) is 5.32 Å². The zero-order chi connectivity index (χ0) is 9.80. The smallest absolute Gasteiger partial charge is 0.103 e. The second-order valence-electron chi connectivity index (χ2n) is 3.91. The topological polar surface area (TPSA) is 51.6 Å². The monoisotopic (exact) mass is 189 g/mol. The summed E-state index contributed by atoms with van der Waals surface area (Å²) in [6, 6.07) is 6.92. The molecule has 1 aliphatic rings. The summed E-state index contributed by atoms with van der Waals surface area (Å²) in [4.78, 5) is 3.13. The van der Waals surface area contributed by atoms with E-state index in [0.29, 0.717) is 6.04 Å². The maximum Gasteiger partial charge on any atom is 0.103 e. The normalized spacial score (nSPS) is 26.8. The molecule has 1 heterocycles. The molecule has 0 bridgehead atoms. The average molecular weight is 189 g/mol. The van der Waals surface area contributed by atoms with Crippen LogP contribution in [-0.2, 0) is 0 Å². The first-order chi connectivity index (χ1) is 6.88. The van der Waals surface area contributed by atoms with Gasteiger partial charge in [-0.25, -0.2) is 0 Å². The standard InChI is InChI=1S/C11H15N3/c12-8-9-3-5-10(6-4-9)14-11-2-1-7-13-11/h1-2,7,9-10,13-14H,3-6H2. The molecule has 1 saturated carbocycles. The lowest BCUT2D eigenvalue weighted by Crippen LogP contribution is -2.25. The molecule has 0 aliphatic heterocycles. The molecule has 1 aromatic heterocycles. The summed E-state index contributed by atoms with van der Waals surface area (Å²) < 4.78 is 0. The Kier molecular flexibility index (Phi) is 2.73. The minimum Gasteiger partial charge on any atom is -0.369 e. The van der Waals surface area contributed by atoms with Crippen LogP contribution in [0.5, 0.6) is 0 Å². The highest BCUT2D eigenvalue weighted by Gasteiger charge is 2.20. The molecule has 3 nitrogen and oxygen atoms in total. The summed E-state index contributed by atoms with van der Waals surface area (Å²) in [6.45, 7) is 0. The third-order valence-corrected chi connectivity index (χ3v) is 2.87. The van der Waals surface area contributed by atoms with Crippen LogP contribution in [0.25, 0.3) is 0 Å². The minimum atomic E-state index is 0.289. The number of hydrogen-bond donors (Lipinski definition) is 2. The molecule has 1 aliphatic carbocycles. The first-order valence-corrected chi connectivity index (χ1v) is 5.18. The molecule has 2 N–H and O–H groups in total. The fourth-order valence-electron chi connectivity index (χ4n) is 2.01. The van der Waals surface area contributed by atoms with E-state index in [-0.39, 0.29) is 5.92 Å². The predicted molar refractivity (Wildman–Crippen MR) is 55.8 cm³/mol. The van der Waals surface area contributed by atoms with Crippen LogP contribution in [0.15, 0.2) is 18.3 Å². The van der Waals surface area contributed by atoms with Crippen molar-refractivity contribution in [2.24, 2.45) is 5.92 Å². The van der Waals surface area contributed by atoms with E-state index in [1.54, 1.807) is 0 Å².